The predicted molar refractivity (Wildman–Crippen MR) is 76.9 cm³/mol. The highest BCUT2D eigenvalue weighted by molar-refractivity contribution is 6.07. The molecule has 1 aromatic carbocycles. The van der Waals surface area contributed by atoms with E-state index in [0.717, 1.165) is 30.6 Å². The summed E-state index contributed by atoms with van der Waals surface area (Å²) in [6.45, 7) is 2.45. The lowest BCUT2D eigenvalue weighted by Gasteiger charge is -2.32. The van der Waals surface area contributed by atoms with E-state index in [1.165, 1.54) is 4.90 Å². The van der Waals surface area contributed by atoms with Gasteiger partial charge in [-0.2, -0.15) is 0 Å². The molecule has 21 heavy (non-hydrogen) atoms. The standard InChI is InChI=1S/C15H17N3O3/c1-9-14(20)17-13(19)8-18(9)15(21)11-4-2-6-12-10(11)5-3-7-16-12/h2,4,6,9,16H,3,5,7-8H2,1H3,(H,17,19,20). The third kappa shape index (κ3) is 2.37. The summed E-state index contributed by atoms with van der Waals surface area (Å²) in [6.07, 6.45) is 1.79. The Hall–Kier alpha value is -2.37. The highest BCUT2D eigenvalue weighted by atomic mass is 16.2. The molecule has 2 aliphatic heterocycles. The number of anilines is 1. The first-order valence-electron chi connectivity index (χ1n) is 7.08. The molecule has 0 aliphatic carbocycles. The molecule has 1 unspecified atom stereocenters. The molecule has 1 atom stereocenters. The van der Waals surface area contributed by atoms with Gasteiger partial charge in [0.2, 0.25) is 11.8 Å². The average Bonchev–Trinajstić information content (AvgIpc) is 2.49. The lowest BCUT2D eigenvalue weighted by atomic mass is 9.96. The first-order valence-corrected chi connectivity index (χ1v) is 7.08. The zero-order valence-electron chi connectivity index (χ0n) is 11.8. The third-order valence-corrected chi connectivity index (χ3v) is 4.01. The number of hydrogen-bond donors (Lipinski definition) is 2. The minimum atomic E-state index is -0.636. The second-order valence-electron chi connectivity index (χ2n) is 5.38. The number of nitrogens with zero attached hydrogens (tertiary/aromatic N) is 1. The van der Waals surface area contributed by atoms with Gasteiger partial charge in [-0.1, -0.05) is 6.07 Å². The molecule has 1 aromatic rings. The summed E-state index contributed by atoms with van der Waals surface area (Å²) in [7, 11) is 0. The topological polar surface area (TPSA) is 78.5 Å². The quantitative estimate of drug-likeness (QED) is 0.739. The highest BCUT2D eigenvalue weighted by Crippen LogP contribution is 2.27. The Morgan fingerprint density at radius 1 is 1.33 bits per heavy atom. The van der Waals surface area contributed by atoms with Crippen LogP contribution in [0.3, 0.4) is 0 Å². The van der Waals surface area contributed by atoms with Crippen LogP contribution in [0.25, 0.3) is 0 Å². The molecule has 6 nitrogen and oxygen atoms in total. The van der Waals surface area contributed by atoms with Crippen molar-refractivity contribution in [1.82, 2.24) is 10.2 Å². The Labute approximate surface area is 122 Å². The van der Waals surface area contributed by atoms with E-state index in [1.54, 1.807) is 13.0 Å². The summed E-state index contributed by atoms with van der Waals surface area (Å²) in [5, 5.41) is 5.52. The van der Waals surface area contributed by atoms with Crippen LogP contribution in [0.5, 0.6) is 0 Å². The molecule has 0 bridgehead atoms. The fourth-order valence-electron chi connectivity index (χ4n) is 2.83. The van der Waals surface area contributed by atoms with Gasteiger partial charge in [-0.3, -0.25) is 19.7 Å². The summed E-state index contributed by atoms with van der Waals surface area (Å²) in [5.41, 5.74) is 2.51. The Morgan fingerprint density at radius 2 is 2.14 bits per heavy atom. The molecule has 0 radical (unpaired) electrons. The Balaban J connectivity index is 1.95. The zero-order valence-corrected chi connectivity index (χ0v) is 11.8. The Kier molecular flexibility index (Phi) is 3.37. The number of amides is 3. The van der Waals surface area contributed by atoms with Crippen molar-refractivity contribution in [2.24, 2.45) is 0 Å². The average molecular weight is 287 g/mol. The van der Waals surface area contributed by atoms with E-state index in [4.69, 9.17) is 0 Å². The maximum absolute atomic E-state index is 12.7. The number of carbonyl (C=O) groups is 3. The largest absolute Gasteiger partial charge is 0.385 e. The maximum atomic E-state index is 12.7. The summed E-state index contributed by atoms with van der Waals surface area (Å²) in [6, 6.07) is 4.89. The number of hydrogen-bond acceptors (Lipinski definition) is 4. The smallest absolute Gasteiger partial charge is 0.255 e. The van der Waals surface area contributed by atoms with Gasteiger partial charge in [0.15, 0.2) is 0 Å². The van der Waals surface area contributed by atoms with Gasteiger partial charge in [-0.05, 0) is 37.5 Å². The van der Waals surface area contributed by atoms with Crippen molar-refractivity contribution in [2.45, 2.75) is 25.8 Å². The Bertz CT molecular complexity index is 627. The molecule has 0 spiro atoms. The van der Waals surface area contributed by atoms with Crippen LogP contribution >= 0.6 is 0 Å². The number of rotatable bonds is 1. The molecule has 3 amide bonds. The van der Waals surface area contributed by atoms with Crippen LogP contribution in [0.1, 0.15) is 29.3 Å². The van der Waals surface area contributed by atoms with Gasteiger partial charge in [0, 0.05) is 17.8 Å². The number of piperazine rings is 1. The second kappa shape index (κ2) is 5.20. The first kappa shape index (κ1) is 13.6. The van der Waals surface area contributed by atoms with Crippen molar-refractivity contribution in [2.75, 3.05) is 18.4 Å². The van der Waals surface area contributed by atoms with Gasteiger partial charge < -0.3 is 10.2 Å². The lowest BCUT2D eigenvalue weighted by molar-refractivity contribution is -0.138. The van der Waals surface area contributed by atoms with Gasteiger partial charge in [-0.25, -0.2) is 0 Å². The van der Waals surface area contributed by atoms with Crippen molar-refractivity contribution in [3.63, 3.8) is 0 Å². The van der Waals surface area contributed by atoms with E-state index < -0.39 is 17.9 Å². The fraction of sp³-hybridized carbons (Fsp3) is 0.400. The van der Waals surface area contributed by atoms with E-state index in [1.807, 2.05) is 12.1 Å². The van der Waals surface area contributed by atoms with Crippen LogP contribution in [-0.2, 0) is 16.0 Å². The predicted octanol–water partition coefficient (Wildman–Crippen LogP) is 0.532. The molecule has 0 saturated carbocycles. The number of carbonyl (C=O) groups excluding carboxylic acids is 3. The minimum Gasteiger partial charge on any atom is -0.385 e. The molecule has 110 valence electrons. The van der Waals surface area contributed by atoms with Crippen LogP contribution in [0.15, 0.2) is 18.2 Å². The molecule has 2 N–H and O–H groups in total. The molecule has 0 aromatic heterocycles. The SMILES string of the molecule is CC1C(=O)NC(=O)CN1C(=O)c1cccc2c1CCCN2. The number of benzene rings is 1. The number of imide groups is 1. The van der Waals surface area contributed by atoms with E-state index >= 15 is 0 Å². The van der Waals surface area contributed by atoms with Crippen LogP contribution in [0.4, 0.5) is 5.69 Å². The van der Waals surface area contributed by atoms with Crippen molar-refractivity contribution < 1.29 is 14.4 Å². The fourth-order valence-corrected chi connectivity index (χ4v) is 2.83. The Morgan fingerprint density at radius 3 is 2.95 bits per heavy atom. The maximum Gasteiger partial charge on any atom is 0.255 e. The van der Waals surface area contributed by atoms with Crippen molar-refractivity contribution >= 4 is 23.4 Å². The van der Waals surface area contributed by atoms with Gasteiger partial charge in [0.1, 0.15) is 12.6 Å². The van der Waals surface area contributed by atoms with E-state index in [-0.39, 0.29) is 12.5 Å². The zero-order chi connectivity index (χ0) is 15.0. The van der Waals surface area contributed by atoms with E-state index in [0.29, 0.717) is 5.56 Å². The molecule has 3 rings (SSSR count). The van der Waals surface area contributed by atoms with Gasteiger partial charge in [-0.15, -0.1) is 0 Å². The minimum absolute atomic E-state index is 0.0805. The monoisotopic (exact) mass is 287 g/mol. The summed E-state index contributed by atoms with van der Waals surface area (Å²) < 4.78 is 0. The van der Waals surface area contributed by atoms with Crippen LogP contribution in [0.2, 0.25) is 0 Å². The molecule has 6 heteroatoms. The summed E-state index contributed by atoms with van der Waals surface area (Å²) >= 11 is 0. The normalized spacial score (nSPS) is 21.4. The molecular formula is C15H17N3O3. The second-order valence-corrected chi connectivity index (χ2v) is 5.38. The van der Waals surface area contributed by atoms with Crippen molar-refractivity contribution in [1.29, 1.82) is 0 Å². The van der Waals surface area contributed by atoms with Crippen LogP contribution < -0.4 is 10.6 Å². The van der Waals surface area contributed by atoms with Crippen LogP contribution in [0, 0.1) is 0 Å². The van der Waals surface area contributed by atoms with Crippen molar-refractivity contribution in [3.05, 3.63) is 29.3 Å². The summed E-state index contributed by atoms with van der Waals surface area (Å²) in [4.78, 5) is 37.3. The summed E-state index contributed by atoms with van der Waals surface area (Å²) in [5.74, 6) is -1.12. The lowest BCUT2D eigenvalue weighted by Crippen LogP contribution is -2.58. The molecule has 2 aliphatic rings. The van der Waals surface area contributed by atoms with Gasteiger partial charge >= 0.3 is 0 Å². The number of fused-ring (bicyclic) bond motifs is 1. The van der Waals surface area contributed by atoms with E-state index in [2.05, 4.69) is 10.6 Å². The van der Waals surface area contributed by atoms with Gasteiger partial charge in [0.05, 0.1) is 0 Å². The molecular weight excluding hydrogens is 270 g/mol. The van der Waals surface area contributed by atoms with Crippen molar-refractivity contribution in [3.8, 4) is 0 Å². The van der Waals surface area contributed by atoms with Crippen LogP contribution in [-0.4, -0.2) is 41.8 Å². The van der Waals surface area contributed by atoms with E-state index in [9.17, 15) is 14.4 Å². The number of nitrogens with one attached hydrogen (secondary N) is 2. The highest BCUT2D eigenvalue weighted by Gasteiger charge is 2.35. The third-order valence-electron chi connectivity index (χ3n) is 4.01. The van der Waals surface area contributed by atoms with Gasteiger partial charge in [0.25, 0.3) is 5.91 Å². The first-order chi connectivity index (χ1) is 10.1. The molecule has 1 fully saturated rings. The molecule has 1 saturated heterocycles. The molecule has 2 heterocycles.